The lowest BCUT2D eigenvalue weighted by molar-refractivity contribution is 0.201. The van der Waals surface area contributed by atoms with Crippen molar-refractivity contribution >= 4 is 5.84 Å². The molecular weight excluding hydrogens is 150 g/mol. The minimum Gasteiger partial charge on any atom is -0.386 e. The average molecular weight is 171 g/mol. The number of rotatable bonds is 5. The maximum atomic E-state index is 7.34. The van der Waals surface area contributed by atoms with Crippen molar-refractivity contribution in [1.29, 1.82) is 5.41 Å². The molecule has 3 nitrogen and oxygen atoms in total. The molecule has 0 amide bonds. The lowest BCUT2D eigenvalue weighted by Gasteiger charge is -2.31. The van der Waals surface area contributed by atoms with E-state index in [2.05, 4.69) is 25.7 Å². The second kappa shape index (κ2) is 5.14. The second-order valence-corrected chi connectivity index (χ2v) is 3.46. The molecule has 0 radical (unpaired) electrons. The van der Waals surface area contributed by atoms with E-state index in [4.69, 9.17) is 11.1 Å². The van der Waals surface area contributed by atoms with Crippen molar-refractivity contribution in [1.82, 2.24) is 4.90 Å². The Balaban J connectivity index is 4.18. The van der Waals surface area contributed by atoms with Gasteiger partial charge in [0.1, 0.15) is 5.84 Å². The third-order valence-electron chi connectivity index (χ3n) is 2.09. The third-order valence-corrected chi connectivity index (χ3v) is 2.09. The molecule has 0 aliphatic rings. The summed E-state index contributed by atoms with van der Waals surface area (Å²) in [5.74, 6) is 0.261. The van der Waals surface area contributed by atoms with E-state index >= 15 is 0 Å². The summed E-state index contributed by atoms with van der Waals surface area (Å²) in [7, 11) is 0. The first-order valence-corrected chi connectivity index (χ1v) is 4.60. The van der Waals surface area contributed by atoms with Crippen LogP contribution >= 0.6 is 0 Å². The van der Waals surface area contributed by atoms with Gasteiger partial charge >= 0.3 is 0 Å². The van der Waals surface area contributed by atoms with Gasteiger partial charge in [0, 0.05) is 6.04 Å². The highest BCUT2D eigenvalue weighted by atomic mass is 15.2. The summed E-state index contributed by atoms with van der Waals surface area (Å²) in [5.41, 5.74) is 5.45. The van der Waals surface area contributed by atoms with E-state index in [9.17, 15) is 0 Å². The van der Waals surface area contributed by atoms with Gasteiger partial charge in [-0.25, -0.2) is 0 Å². The number of amidine groups is 1. The number of nitrogens with one attached hydrogen (secondary N) is 1. The van der Waals surface area contributed by atoms with Gasteiger partial charge in [0.25, 0.3) is 0 Å². The first kappa shape index (κ1) is 11.4. The zero-order chi connectivity index (χ0) is 9.72. The Labute approximate surface area is 75.4 Å². The highest BCUT2D eigenvalue weighted by molar-refractivity contribution is 5.82. The Hall–Kier alpha value is -0.570. The SMILES string of the molecule is CCCN(C(C)C)C(C)C(=N)N. The smallest absolute Gasteiger partial charge is 0.108 e. The highest BCUT2D eigenvalue weighted by Gasteiger charge is 2.17. The van der Waals surface area contributed by atoms with Gasteiger partial charge in [0.05, 0.1) is 6.04 Å². The number of nitrogens with zero attached hydrogens (tertiary/aromatic N) is 1. The molecule has 0 aliphatic carbocycles. The molecule has 0 aromatic rings. The van der Waals surface area contributed by atoms with Crippen molar-refractivity contribution in [2.24, 2.45) is 5.73 Å². The van der Waals surface area contributed by atoms with Crippen LogP contribution in [0.2, 0.25) is 0 Å². The molecule has 3 N–H and O–H groups in total. The molecule has 0 heterocycles. The van der Waals surface area contributed by atoms with Gasteiger partial charge in [0.2, 0.25) is 0 Å². The largest absolute Gasteiger partial charge is 0.386 e. The van der Waals surface area contributed by atoms with Crippen LogP contribution in [0.5, 0.6) is 0 Å². The van der Waals surface area contributed by atoms with Crippen LogP contribution in [0.15, 0.2) is 0 Å². The van der Waals surface area contributed by atoms with Gasteiger partial charge in [-0.3, -0.25) is 10.3 Å². The van der Waals surface area contributed by atoms with E-state index in [1.165, 1.54) is 0 Å². The highest BCUT2D eigenvalue weighted by Crippen LogP contribution is 2.05. The quantitative estimate of drug-likeness (QED) is 0.485. The third kappa shape index (κ3) is 3.22. The Morgan fingerprint density at radius 3 is 2.17 bits per heavy atom. The van der Waals surface area contributed by atoms with Gasteiger partial charge in [0.15, 0.2) is 0 Å². The number of nitrogens with two attached hydrogens (primary N) is 1. The van der Waals surface area contributed by atoms with Gasteiger partial charge in [-0.2, -0.15) is 0 Å². The van der Waals surface area contributed by atoms with E-state index in [1.807, 2.05) is 6.92 Å². The van der Waals surface area contributed by atoms with E-state index in [0.717, 1.165) is 13.0 Å². The molecule has 0 fully saturated rings. The van der Waals surface area contributed by atoms with Crippen molar-refractivity contribution in [2.75, 3.05) is 6.54 Å². The molecular formula is C9H21N3. The van der Waals surface area contributed by atoms with Crippen molar-refractivity contribution in [3.05, 3.63) is 0 Å². The summed E-state index contributed by atoms with van der Waals surface area (Å²) < 4.78 is 0. The van der Waals surface area contributed by atoms with Crippen LogP contribution in [0.1, 0.15) is 34.1 Å². The van der Waals surface area contributed by atoms with Gasteiger partial charge in [-0.05, 0) is 33.7 Å². The normalized spacial score (nSPS) is 13.8. The fourth-order valence-electron chi connectivity index (χ4n) is 1.34. The number of hydrogen-bond acceptors (Lipinski definition) is 2. The summed E-state index contributed by atoms with van der Waals surface area (Å²) in [5, 5.41) is 7.34. The summed E-state index contributed by atoms with van der Waals surface area (Å²) in [6.07, 6.45) is 1.11. The van der Waals surface area contributed by atoms with Crippen molar-refractivity contribution in [3.63, 3.8) is 0 Å². The number of hydrogen-bond donors (Lipinski definition) is 2. The lowest BCUT2D eigenvalue weighted by Crippen LogP contribution is -2.46. The molecule has 1 atom stereocenters. The van der Waals surface area contributed by atoms with Crippen LogP contribution in [0.25, 0.3) is 0 Å². The Bertz CT molecular complexity index is 143. The fraction of sp³-hybridized carbons (Fsp3) is 0.889. The molecule has 12 heavy (non-hydrogen) atoms. The van der Waals surface area contributed by atoms with Gasteiger partial charge in [-0.1, -0.05) is 6.92 Å². The minimum absolute atomic E-state index is 0.0740. The maximum absolute atomic E-state index is 7.34. The van der Waals surface area contributed by atoms with E-state index in [-0.39, 0.29) is 11.9 Å². The van der Waals surface area contributed by atoms with Crippen LogP contribution in [0, 0.1) is 5.41 Å². The molecule has 0 spiro atoms. The van der Waals surface area contributed by atoms with Gasteiger partial charge in [-0.15, -0.1) is 0 Å². The summed E-state index contributed by atoms with van der Waals surface area (Å²) >= 11 is 0. The summed E-state index contributed by atoms with van der Waals surface area (Å²) in [6.45, 7) is 9.41. The van der Waals surface area contributed by atoms with Crippen LogP contribution in [0.3, 0.4) is 0 Å². The standard InChI is InChI=1S/C9H21N3/c1-5-6-12(7(2)3)8(4)9(10)11/h7-8H,5-6H2,1-4H3,(H3,10,11). The lowest BCUT2D eigenvalue weighted by atomic mass is 10.2. The van der Waals surface area contributed by atoms with E-state index in [1.54, 1.807) is 0 Å². The molecule has 0 aliphatic heterocycles. The van der Waals surface area contributed by atoms with Crippen LogP contribution < -0.4 is 5.73 Å². The summed E-state index contributed by atoms with van der Waals surface area (Å²) in [4.78, 5) is 2.24. The fourth-order valence-corrected chi connectivity index (χ4v) is 1.34. The molecule has 0 aromatic carbocycles. The Morgan fingerprint density at radius 2 is 1.92 bits per heavy atom. The molecule has 0 saturated heterocycles. The zero-order valence-corrected chi connectivity index (χ0v) is 8.59. The molecule has 72 valence electrons. The Kier molecular flexibility index (Phi) is 4.90. The average Bonchev–Trinajstić information content (AvgIpc) is 1.98. The maximum Gasteiger partial charge on any atom is 0.108 e. The minimum atomic E-state index is 0.0740. The Morgan fingerprint density at radius 1 is 1.42 bits per heavy atom. The predicted molar refractivity (Wildman–Crippen MR) is 53.5 cm³/mol. The molecule has 1 unspecified atom stereocenters. The molecule has 0 saturated carbocycles. The predicted octanol–water partition coefficient (Wildman–Crippen LogP) is 1.43. The second-order valence-electron chi connectivity index (χ2n) is 3.46. The molecule has 0 rings (SSSR count). The first-order chi connectivity index (χ1) is 5.50. The monoisotopic (exact) mass is 171 g/mol. The molecule has 0 aromatic heterocycles. The van der Waals surface area contributed by atoms with Gasteiger partial charge < -0.3 is 5.73 Å². The van der Waals surface area contributed by atoms with Crippen LogP contribution in [-0.4, -0.2) is 29.4 Å². The van der Waals surface area contributed by atoms with E-state index in [0.29, 0.717) is 6.04 Å². The molecule has 3 heteroatoms. The summed E-state index contributed by atoms with van der Waals surface area (Å²) in [6, 6.07) is 0.536. The topological polar surface area (TPSA) is 53.1 Å². The van der Waals surface area contributed by atoms with Crippen LogP contribution in [0.4, 0.5) is 0 Å². The first-order valence-electron chi connectivity index (χ1n) is 4.60. The zero-order valence-electron chi connectivity index (χ0n) is 8.59. The van der Waals surface area contributed by atoms with Crippen LogP contribution in [-0.2, 0) is 0 Å². The van der Waals surface area contributed by atoms with Crippen molar-refractivity contribution in [2.45, 2.75) is 46.2 Å². The van der Waals surface area contributed by atoms with Crippen molar-refractivity contribution < 1.29 is 0 Å². The van der Waals surface area contributed by atoms with E-state index < -0.39 is 0 Å². The molecule has 0 bridgehead atoms. The van der Waals surface area contributed by atoms with Crippen molar-refractivity contribution in [3.8, 4) is 0 Å².